The van der Waals surface area contributed by atoms with Crippen molar-refractivity contribution in [3.8, 4) is 17.1 Å². The Bertz CT molecular complexity index is 1060. The molecule has 0 aliphatic rings. The fourth-order valence-corrected chi connectivity index (χ4v) is 2.61. The lowest BCUT2D eigenvalue weighted by atomic mass is 10.1. The number of aromatic carboxylic acids is 1. The predicted octanol–water partition coefficient (Wildman–Crippen LogP) is 1.03. The van der Waals surface area contributed by atoms with E-state index in [0.717, 1.165) is 21.3 Å². The molecule has 0 aliphatic heterocycles. The summed E-state index contributed by atoms with van der Waals surface area (Å²) in [6.07, 6.45) is -0.476. The third-order valence-electron chi connectivity index (χ3n) is 4.29. The highest BCUT2D eigenvalue weighted by molar-refractivity contribution is 6.00. The fourth-order valence-electron chi connectivity index (χ4n) is 2.61. The van der Waals surface area contributed by atoms with Crippen LogP contribution in [0.2, 0.25) is 0 Å². The predicted molar refractivity (Wildman–Crippen MR) is 109 cm³/mol. The Morgan fingerprint density at radius 1 is 0.970 bits per heavy atom. The van der Waals surface area contributed by atoms with E-state index in [1.54, 1.807) is 0 Å². The summed E-state index contributed by atoms with van der Waals surface area (Å²) in [5, 5.41) is 11.4. The number of amides is 1. The third kappa shape index (κ3) is 6.56. The number of carboxylic acids is 1. The summed E-state index contributed by atoms with van der Waals surface area (Å²) in [6.45, 7) is -0.540. The van der Waals surface area contributed by atoms with Gasteiger partial charge in [-0.05, 0) is 24.3 Å². The van der Waals surface area contributed by atoms with Gasteiger partial charge in [0.1, 0.15) is 17.6 Å². The van der Waals surface area contributed by atoms with E-state index in [9.17, 15) is 24.0 Å². The van der Waals surface area contributed by atoms with Crippen molar-refractivity contribution >= 4 is 29.8 Å². The standard InChI is InChI=1S/C21H21NO11/c1-29-17(23)9-13(21(28)31-3)22-19(25)12-5-4-11(8-16(12)32-10-18(24)30-2)14-6-7-15(33-14)20(26)27/h4-8,13H,9-10H2,1-3H3,(H,22,25)(H,26,27)/t13-/m0/s1. The summed E-state index contributed by atoms with van der Waals surface area (Å²) >= 11 is 0. The first-order valence-corrected chi connectivity index (χ1v) is 9.32. The molecule has 1 atom stereocenters. The van der Waals surface area contributed by atoms with Gasteiger partial charge in [-0.15, -0.1) is 0 Å². The van der Waals surface area contributed by atoms with Gasteiger partial charge in [-0.25, -0.2) is 14.4 Å². The fraction of sp³-hybridized carbons (Fsp3) is 0.286. The second-order valence-corrected chi connectivity index (χ2v) is 6.37. The zero-order chi connectivity index (χ0) is 24.5. The molecule has 12 heteroatoms. The molecule has 0 saturated heterocycles. The van der Waals surface area contributed by atoms with Crippen LogP contribution in [0.25, 0.3) is 11.3 Å². The minimum Gasteiger partial charge on any atom is -0.481 e. The summed E-state index contributed by atoms with van der Waals surface area (Å²) in [5.41, 5.74) is 0.254. The molecule has 0 fully saturated rings. The van der Waals surface area contributed by atoms with Crippen molar-refractivity contribution in [1.29, 1.82) is 0 Å². The quantitative estimate of drug-likeness (QED) is 0.381. The van der Waals surface area contributed by atoms with Crippen LogP contribution in [0.3, 0.4) is 0 Å². The lowest BCUT2D eigenvalue weighted by molar-refractivity contribution is -0.149. The average Bonchev–Trinajstić information content (AvgIpc) is 3.31. The maximum Gasteiger partial charge on any atom is 0.371 e. The van der Waals surface area contributed by atoms with Crippen LogP contribution in [0.15, 0.2) is 34.7 Å². The van der Waals surface area contributed by atoms with Crippen molar-refractivity contribution in [2.45, 2.75) is 12.5 Å². The molecule has 33 heavy (non-hydrogen) atoms. The Labute approximate surface area is 187 Å². The van der Waals surface area contributed by atoms with Gasteiger partial charge < -0.3 is 33.8 Å². The molecule has 0 bridgehead atoms. The van der Waals surface area contributed by atoms with Crippen LogP contribution in [0.4, 0.5) is 0 Å². The number of nitrogens with one attached hydrogen (secondary N) is 1. The van der Waals surface area contributed by atoms with E-state index >= 15 is 0 Å². The van der Waals surface area contributed by atoms with Crippen LogP contribution in [0.1, 0.15) is 27.3 Å². The Morgan fingerprint density at radius 3 is 2.24 bits per heavy atom. The first-order valence-electron chi connectivity index (χ1n) is 9.32. The molecule has 1 amide bonds. The van der Waals surface area contributed by atoms with E-state index in [-0.39, 0.29) is 22.8 Å². The zero-order valence-corrected chi connectivity index (χ0v) is 17.9. The number of carbonyl (C=O) groups excluding carboxylic acids is 4. The number of ether oxygens (including phenoxy) is 4. The molecule has 176 valence electrons. The van der Waals surface area contributed by atoms with Crippen molar-refractivity contribution in [2.75, 3.05) is 27.9 Å². The van der Waals surface area contributed by atoms with Gasteiger partial charge in [0.15, 0.2) is 6.61 Å². The Hall–Kier alpha value is -4.35. The molecule has 1 heterocycles. The van der Waals surface area contributed by atoms with Crippen molar-refractivity contribution in [1.82, 2.24) is 5.32 Å². The van der Waals surface area contributed by atoms with Crippen molar-refractivity contribution in [2.24, 2.45) is 0 Å². The number of hydrogen-bond acceptors (Lipinski definition) is 10. The van der Waals surface area contributed by atoms with Crippen LogP contribution in [0, 0.1) is 0 Å². The summed E-state index contributed by atoms with van der Waals surface area (Å²) in [7, 11) is 3.37. The number of hydrogen-bond donors (Lipinski definition) is 2. The van der Waals surface area contributed by atoms with Crippen LogP contribution < -0.4 is 10.1 Å². The highest BCUT2D eigenvalue weighted by atomic mass is 16.6. The van der Waals surface area contributed by atoms with Gasteiger partial charge >= 0.3 is 23.9 Å². The number of carboxylic acid groups (broad SMARTS) is 1. The maximum atomic E-state index is 12.9. The maximum absolute atomic E-state index is 12.9. The van der Waals surface area contributed by atoms with Crippen LogP contribution in [0.5, 0.6) is 5.75 Å². The van der Waals surface area contributed by atoms with Crippen molar-refractivity contribution in [3.63, 3.8) is 0 Å². The average molecular weight is 463 g/mol. The SMILES string of the molecule is COC(=O)COc1cc(-c2ccc(C(=O)O)o2)ccc1C(=O)N[C@@H](CC(=O)OC)C(=O)OC. The lowest BCUT2D eigenvalue weighted by Gasteiger charge is -2.17. The molecule has 0 saturated carbocycles. The number of benzene rings is 1. The van der Waals surface area contributed by atoms with Crippen molar-refractivity contribution in [3.05, 3.63) is 41.7 Å². The van der Waals surface area contributed by atoms with Gasteiger partial charge in [0, 0.05) is 5.56 Å². The zero-order valence-electron chi connectivity index (χ0n) is 17.9. The van der Waals surface area contributed by atoms with Gasteiger partial charge in [-0.3, -0.25) is 9.59 Å². The number of carbonyl (C=O) groups is 5. The molecule has 0 radical (unpaired) electrons. The van der Waals surface area contributed by atoms with Gasteiger partial charge in [0.25, 0.3) is 5.91 Å². The Kier molecular flexibility index (Phi) is 8.55. The van der Waals surface area contributed by atoms with E-state index in [1.807, 2.05) is 0 Å². The highest BCUT2D eigenvalue weighted by Crippen LogP contribution is 2.29. The first-order chi connectivity index (χ1) is 15.7. The molecule has 0 spiro atoms. The smallest absolute Gasteiger partial charge is 0.371 e. The number of esters is 3. The van der Waals surface area contributed by atoms with Crippen molar-refractivity contribution < 1.29 is 52.4 Å². The summed E-state index contributed by atoms with van der Waals surface area (Å²) in [5.74, 6) is -4.66. The number of methoxy groups -OCH3 is 3. The van der Waals surface area contributed by atoms with E-state index in [4.69, 9.17) is 14.3 Å². The monoisotopic (exact) mass is 463 g/mol. The highest BCUT2D eigenvalue weighted by Gasteiger charge is 2.27. The summed E-state index contributed by atoms with van der Waals surface area (Å²) in [6, 6.07) is 5.42. The molecule has 0 aliphatic carbocycles. The van der Waals surface area contributed by atoms with E-state index in [0.29, 0.717) is 5.56 Å². The van der Waals surface area contributed by atoms with Gasteiger partial charge in [0.2, 0.25) is 5.76 Å². The molecule has 2 rings (SSSR count). The van der Waals surface area contributed by atoms with Gasteiger partial charge in [-0.1, -0.05) is 6.07 Å². The Morgan fingerprint density at radius 2 is 1.67 bits per heavy atom. The molecule has 1 aromatic carbocycles. The van der Waals surface area contributed by atoms with Gasteiger partial charge in [0.05, 0.1) is 33.3 Å². The van der Waals surface area contributed by atoms with Gasteiger partial charge in [-0.2, -0.15) is 0 Å². The summed E-state index contributed by atoms with van der Waals surface area (Å²) < 4.78 is 24.3. The second-order valence-electron chi connectivity index (χ2n) is 6.37. The normalized spacial score (nSPS) is 11.1. The molecule has 2 aromatic rings. The van der Waals surface area contributed by atoms with Crippen LogP contribution in [-0.2, 0) is 28.6 Å². The lowest BCUT2D eigenvalue weighted by Crippen LogP contribution is -2.43. The number of rotatable bonds is 10. The molecule has 2 N–H and O–H groups in total. The Balaban J connectivity index is 2.38. The first kappa shape index (κ1) is 24.9. The topological polar surface area (TPSA) is 168 Å². The van der Waals surface area contributed by atoms with Crippen LogP contribution in [-0.4, -0.2) is 68.9 Å². The molecule has 12 nitrogen and oxygen atoms in total. The third-order valence-corrected chi connectivity index (χ3v) is 4.29. The molecule has 1 aromatic heterocycles. The van der Waals surface area contributed by atoms with E-state index < -0.39 is 48.9 Å². The van der Waals surface area contributed by atoms with E-state index in [2.05, 4.69) is 19.5 Å². The molecular formula is C21H21NO11. The van der Waals surface area contributed by atoms with Crippen LogP contribution >= 0.6 is 0 Å². The summed E-state index contributed by atoms with van der Waals surface area (Å²) in [4.78, 5) is 59.0. The minimum absolute atomic E-state index is 0.0913. The molecular weight excluding hydrogens is 442 g/mol. The number of furan rings is 1. The minimum atomic E-state index is -1.34. The molecule has 0 unspecified atom stereocenters. The van der Waals surface area contributed by atoms with E-state index in [1.165, 1.54) is 30.3 Å². The second kappa shape index (κ2) is 11.3. The largest absolute Gasteiger partial charge is 0.481 e.